The summed E-state index contributed by atoms with van der Waals surface area (Å²) in [5, 5.41) is 0. The highest BCUT2D eigenvalue weighted by molar-refractivity contribution is 7.86. The minimum absolute atomic E-state index is 0.0637. The Bertz CT molecular complexity index is 427. The van der Waals surface area contributed by atoms with Crippen molar-refractivity contribution in [1.82, 2.24) is 0 Å². The van der Waals surface area contributed by atoms with Crippen molar-refractivity contribution in [2.45, 2.75) is 0 Å². The van der Waals surface area contributed by atoms with Crippen LogP contribution in [-0.2, 0) is 10.1 Å². The molecule has 0 fully saturated rings. The van der Waals surface area contributed by atoms with Crippen molar-refractivity contribution in [1.29, 1.82) is 0 Å². The van der Waals surface area contributed by atoms with Gasteiger partial charge in [0.05, 0.1) is 13.4 Å². The van der Waals surface area contributed by atoms with Crippen molar-refractivity contribution in [2.24, 2.45) is 0 Å². The fraction of sp³-hybridized carbons (Fsp3) is 0.250. The van der Waals surface area contributed by atoms with Crippen molar-refractivity contribution >= 4 is 10.1 Å². The van der Waals surface area contributed by atoms with E-state index in [9.17, 15) is 12.8 Å². The van der Waals surface area contributed by atoms with Gasteiger partial charge in [-0.25, -0.2) is 0 Å². The van der Waals surface area contributed by atoms with E-state index in [4.69, 9.17) is 0 Å². The normalized spacial score (nSPS) is 11.1. The van der Waals surface area contributed by atoms with Gasteiger partial charge in [0, 0.05) is 0 Å². The van der Waals surface area contributed by atoms with E-state index in [1.165, 1.54) is 25.3 Å². The van der Waals surface area contributed by atoms with Crippen LogP contribution in [0.25, 0.3) is 0 Å². The van der Waals surface area contributed by atoms with Gasteiger partial charge < -0.3 is 8.92 Å². The Kier molecular flexibility index (Phi) is 2.95. The van der Waals surface area contributed by atoms with Crippen LogP contribution in [0.2, 0.25) is 0 Å². The van der Waals surface area contributed by atoms with Crippen LogP contribution in [0.4, 0.5) is 4.39 Å². The van der Waals surface area contributed by atoms with Crippen LogP contribution in [0.5, 0.6) is 11.5 Å². The molecular formula is C8H9FO4S. The predicted octanol–water partition coefficient (Wildman–Crippen LogP) is 1.17. The Morgan fingerprint density at radius 3 is 2.36 bits per heavy atom. The molecule has 78 valence electrons. The summed E-state index contributed by atoms with van der Waals surface area (Å²) in [6.07, 6.45) is 0.839. The zero-order chi connectivity index (χ0) is 10.8. The summed E-state index contributed by atoms with van der Waals surface area (Å²) in [5.41, 5.74) is 0. The zero-order valence-electron chi connectivity index (χ0n) is 7.65. The largest absolute Gasteiger partial charge is 0.494 e. The SMILES string of the molecule is COc1cccc(OS(C)(=O)=O)c1F. The molecule has 6 heteroatoms. The maximum atomic E-state index is 13.3. The van der Waals surface area contributed by atoms with Gasteiger partial charge in [0.1, 0.15) is 0 Å². The topological polar surface area (TPSA) is 52.6 Å². The van der Waals surface area contributed by atoms with Crippen LogP contribution in [0.1, 0.15) is 0 Å². The van der Waals surface area contributed by atoms with Gasteiger partial charge in [-0.3, -0.25) is 0 Å². The zero-order valence-corrected chi connectivity index (χ0v) is 8.47. The fourth-order valence-electron chi connectivity index (χ4n) is 0.876. The second-order valence-corrected chi connectivity index (χ2v) is 4.13. The monoisotopic (exact) mass is 220 g/mol. The molecule has 1 rings (SSSR count). The Balaban J connectivity index is 3.10. The first-order valence-corrected chi connectivity index (χ1v) is 5.47. The van der Waals surface area contributed by atoms with Crippen LogP contribution in [0.3, 0.4) is 0 Å². The highest BCUT2D eigenvalue weighted by Crippen LogP contribution is 2.26. The lowest BCUT2D eigenvalue weighted by molar-refractivity contribution is 0.376. The smallest absolute Gasteiger partial charge is 0.306 e. The van der Waals surface area contributed by atoms with Gasteiger partial charge in [-0.05, 0) is 12.1 Å². The fourth-order valence-corrected chi connectivity index (χ4v) is 1.33. The molecule has 0 aliphatic carbocycles. The lowest BCUT2D eigenvalue weighted by atomic mass is 10.3. The van der Waals surface area contributed by atoms with E-state index in [-0.39, 0.29) is 11.5 Å². The first-order valence-electron chi connectivity index (χ1n) is 3.66. The molecule has 0 aliphatic heterocycles. The van der Waals surface area contributed by atoms with Gasteiger partial charge in [0.15, 0.2) is 11.5 Å². The standard InChI is InChI=1S/C8H9FO4S/c1-12-6-4-3-5-7(8(6)9)13-14(2,10)11/h3-5H,1-2H3. The molecule has 0 aromatic heterocycles. The molecule has 0 saturated carbocycles. The van der Waals surface area contributed by atoms with E-state index in [0.717, 1.165) is 6.26 Å². The van der Waals surface area contributed by atoms with E-state index in [1.54, 1.807) is 0 Å². The molecule has 0 aliphatic rings. The Morgan fingerprint density at radius 1 is 1.29 bits per heavy atom. The molecule has 0 amide bonds. The van der Waals surface area contributed by atoms with Gasteiger partial charge in [0.2, 0.25) is 5.82 Å². The Labute approximate surface area is 81.4 Å². The molecule has 0 N–H and O–H groups in total. The number of benzene rings is 1. The van der Waals surface area contributed by atoms with E-state index in [1.807, 2.05) is 0 Å². The van der Waals surface area contributed by atoms with Crippen molar-refractivity contribution in [2.75, 3.05) is 13.4 Å². The first kappa shape index (κ1) is 10.8. The molecular weight excluding hydrogens is 211 g/mol. The van der Waals surface area contributed by atoms with Crippen molar-refractivity contribution < 1.29 is 21.7 Å². The lowest BCUT2D eigenvalue weighted by Gasteiger charge is -2.06. The van der Waals surface area contributed by atoms with E-state index >= 15 is 0 Å². The molecule has 0 heterocycles. The molecule has 1 aromatic rings. The summed E-state index contributed by atoms with van der Waals surface area (Å²) < 4.78 is 43.8. The summed E-state index contributed by atoms with van der Waals surface area (Å²) >= 11 is 0. The van der Waals surface area contributed by atoms with Crippen molar-refractivity contribution in [3.63, 3.8) is 0 Å². The molecule has 4 nitrogen and oxygen atoms in total. The minimum Gasteiger partial charge on any atom is -0.494 e. The molecule has 14 heavy (non-hydrogen) atoms. The van der Waals surface area contributed by atoms with Crippen LogP contribution >= 0.6 is 0 Å². The van der Waals surface area contributed by atoms with E-state index in [0.29, 0.717) is 0 Å². The lowest BCUT2D eigenvalue weighted by Crippen LogP contribution is -2.07. The average Bonchev–Trinajstić information content (AvgIpc) is 2.06. The van der Waals surface area contributed by atoms with Gasteiger partial charge in [0.25, 0.3) is 0 Å². The first-order chi connectivity index (χ1) is 6.44. The van der Waals surface area contributed by atoms with Crippen molar-refractivity contribution in [3.8, 4) is 11.5 Å². The molecule has 0 bridgehead atoms. The Morgan fingerprint density at radius 2 is 1.86 bits per heavy atom. The second-order valence-electron chi connectivity index (χ2n) is 2.56. The Hall–Kier alpha value is -1.30. The summed E-state index contributed by atoms with van der Waals surface area (Å²) in [6.45, 7) is 0. The van der Waals surface area contributed by atoms with Crippen LogP contribution < -0.4 is 8.92 Å². The molecule has 1 aromatic carbocycles. The number of halogens is 1. The van der Waals surface area contributed by atoms with Crippen LogP contribution in [0, 0.1) is 5.82 Å². The summed E-state index contributed by atoms with van der Waals surface area (Å²) in [6, 6.07) is 4.01. The quantitative estimate of drug-likeness (QED) is 0.717. The van der Waals surface area contributed by atoms with Gasteiger partial charge >= 0.3 is 10.1 Å². The van der Waals surface area contributed by atoms with E-state index in [2.05, 4.69) is 8.92 Å². The average molecular weight is 220 g/mol. The molecule has 0 unspecified atom stereocenters. The van der Waals surface area contributed by atoms with Gasteiger partial charge in [-0.2, -0.15) is 12.8 Å². The predicted molar refractivity (Wildman–Crippen MR) is 48.4 cm³/mol. The number of rotatable bonds is 3. The number of hydrogen-bond donors (Lipinski definition) is 0. The third-order valence-electron chi connectivity index (χ3n) is 1.39. The second kappa shape index (κ2) is 3.83. The van der Waals surface area contributed by atoms with Crippen molar-refractivity contribution in [3.05, 3.63) is 24.0 Å². The molecule has 0 radical (unpaired) electrons. The summed E-state index contributed by atoms with van der Waals surface area (Å²) in [5.74, 6) is -1.27. The van der Waals surface area contributed by atoms with E-state index < -0.39 is 15.9 Å². The van der Waals surface area contributed by atoms with Gasteiger partial charge in [-0.15, -0.1) is 0 Å². The molecule has 0 saturated heterocycles. The number of ether oxygens (including phenoxy) is 1. The van der Waals surface area contributed by atoms with Gasteiger partial charge in [-0.1, -0.05) is 6.07 Å². The third kappa shape index (κ3) is 2.59. The van der Waals surface area contributed by atoms with Crippen LogP contribution in [-0.4, -0.2) is 21.8 Å². The maximum absolute atomic E-state index is 13.3. The summed E-state index contributed by atoms with van der Waals surface area (Å²) in [7, 11) is -2.44. The maximum Gasteiger partial charge on any atom is 0.306 e. The molecule has 0 atom stereocenters. The summed E-state index contributed by atoms with van der Waals surface area (Å²) in [4.78, 5) is 0. The third-order valence-corrected chi connectivity index (χ3v) is 1.87. The number of methoxy groups -OCH3 is 1. The highest BCUT2D eigenvalue weighted by atomic mass is 32.2. The number of hydrogen-bond acceptors (Lipinski definition) is 4. The minimum atomic E-state index is -3.72. The highest BCUT2D eigenvalue weighted by Gasteiger charge is 2.13. The van der Waals surface area contributed by atoms with Crippen LogP contribution in [0.15, 0.2) is 18.2 Å². The molecule has 0 spiro atoms.